The van der Waals surface area contributed by atoms with Crippen LogP contribution in [-0.2, 0) is 16.1 Å². The number of anilines is 1. The molecule has 0 atom stereocenters. The van der Waals surface area contributed by atoms with Gasteiger partial charge in [-0.25, -0.2) is 4.79 Å². The number of carbonyl (C=O) groups excluding carboxylic acids is 2. The van der Waals surface area contributed by atoms with E-state index in [9.17, 15) is 9.59 Å². The molecule has 2 aromatic carbocycles. The maximum atomic E-state index is 13.0. The highest BCUT2D eigenvalue weighted by Gasteiger charge is 2.34. The Balaban J connectivity index is 1.79. The SMILES string of the molecule is CCOC(=O)c1ccc(NC(=S)C2=C(NCc3ccccc3)CC(C)(C)CC2=O)cc1. The van der Waals surface area contributed by atoms with E-state index in [-0.39, 0.29) is 17.2 Å². The number of hydrogen-bond donors (Lipinski definition) is 2. The first-order chi connectivity index (χ1) is 14.8. The molecule has 31 heavy (non-hydrogen) atoms. The fourth-order valence-corrected chi connectivity index (χ4v) is 3.99. The lowest BCUT2D eigenvalue weighted by atomic mass is 9.75. The van der Waals surface area contributed by atoms with Crippen LogP contribution in [0.3, 0.4) is 0 Å². The summed E-state index contributed by atoms with van der Waals surface area (Å²) in [6.45, 7) is 6.91. The van der Waals surface area contributed by atoms with Crippen molar-refractivity contribution in [1.29, 1.82) is 0 Å². The van der Waals surface area contributed by atoms with Gasteiger partial charge in [-0.3, -0.25) is 4.79 Å². The van der Waals surface area contributed by atoms with Crippen LogP contribution >= 0.6 is 12.2 Å². The molecule has 0 amide bonds. The van der Waals surface area contributed by atoms with Crippen molar-refractivity contribution in [3.8, 4) is 0 Å². The molecule has 0 aliphatic heterocycles. The van der Waals surface area contributed by atoms with E-state index in [2.05, 4.69) is 24.5 Å². The lowest BCUT2D eigenvalue weighted by Gasteiger charge is -2.33. The Morgan fingerprint density at radius 1 is 1.06 bits per heavy atom. The number of ether oxygens (including phenoxy) is 1. The predicted molar refractivity (Wildman–Crippen MR) is 127 cm³/mol. The zero-order valence-electron chi connectivity index (χ0n) is 18.2. The highest BCUT2D eigenvalue weighted by atomic mass is 32.1. The Morgan fingerprint density at radius 2 is 1.74 bits per heavy atom. The van der Waals surface area contributed by atoms with Crippen molar-refractivity contribution in [2.75, 3.05) is 11.9 Å². The third kappa shape index (κ3) is 6.01. The summed E-state index contributed by atoms with van der Waals surface area (Å²) in [5, 5.41) is 6.61. The molecule has 0 saturated heterocycles. The molecule has 2 aromatic rings. The fraction of sp³-hybridized carbons (Fsp3) is 0.320. The Bertz CT molecular complexity index is 995. The molecule has 0 spiro atoms. The Hall–Kier alpha value is -2.99. The molecule has 3 rings (SSSR count). The van der Waals surface area contributed by atoms with Crippen LogP contribution in [0.25, 0.3) is 0 Å². The number of hydrogen-bond acceptors (Lipinski definition) is 5. The topological polar surface area (TPSA) is 67.4 Å². The van der Waals surface area contributed by atoms with E-state index >= 15 is 0 Å². The van der Waals surface area contributed by atoms with E-state index in [4.69, 9.17) is 17.0 Å². The highest BCUT2D eigenvalue weighted by Crippen LogP contribution is 2.36. The van der Waals surface area contributed by atoms with Gasteiger partial charge in [-0.15, -0.1) is 0 Å². The van der Waals surface area contributed by atoms with E-state index in [1.807, 2.05) is 30.3 Å². The normalized spacial score (nSPS) is 15.4. The van der Waals surface area contributed by atoms with Gasteiger partial charge in [-0.2, -0.15) is 0 Å². The largest absolute Gasteiger partial charge is 0.462 e. The summed E-state index contributed by atoms with van der Waals surface area (Å²) in [7, 11) is 0. The van der Waals surface area contributed by atoms with Gasteiger partial charge in [0.2, 0.25) is 0 Å². The van der Waals surface area contributed by atoms with E-state index in [0.29, 0.717) is 41.4 Å². The minimum atomic E-state index is -0.364. The minimum Gasteiger partial charge on any atom is -0.462 e. The van der Waals surface area contributed by atoms with Gasteiger partial charge >= 0.3 is 5.97 Å². The first-order valence-corrected chi connectivity index (χ1v) is 10.8. The van der Waals surface area contributed by atoms with Crippen molar-refractivity contribution in [1.82, 2.24) is 5.32 Å². The standard InChI is InChI=1S/C25H28N2O3S/c1-4-30-24(29)18-10-12-19(13-11-18)27-23(31)22-20(14-25(2,3)15-21(22)28)26-16-17-8-6-5-7-9-17/h5-13,26H,4,14-16H2,1-3H3,(H,27,31). The van der Waals surface area contributed by atoms with Gasteiger partial charge in [0.15, 0.2) is 5.78 Å². The number of Topliss-reactive ketones (excluding diaryl/α,β-unsaturated/α-hetero) is 1. The van der Waals surface area contributed by atoms with Crippen molar-refractivity contribution in [2.45, 2.75) is 40.2 Å². The van der Waals surface area contributed by atoms with Crippen molar-refractivity contribution >= 4 is 34.6 Å². The predicted octanol–water partition coefficient (Wildman–Crippen LogP) is 5.04. The number of esters is 1. The molecule has 0 saturated carbocycles. The number of nitrogens with one attached hydrogen (secondary N) is 2. The first-order valence-electron chi connectivity index (χ1n) is 10.4. The molecular weight excluding hydrogens is 408 g/mol. The summed E-state index contributed by atoms with van der Waals surface area (Å²) in [5.74, 6) is -0.330. The second kappa shape index (κ2) is 9.88. The second-order valence-corrected chi connectivity index (χ2v) is 8.79. The lowest BCUT2D eigenvalue weighted by Crippen LogP contribution is -2.35. The lowest BCUT2D eigenvalue weighted by molar-refractivity contribution is -0.117. The van der Waals surface area contributed by atoms with Crippen LogP contribution in [-0.4, -0.2) is 23.3 Å². The molecule has 0 fully saturated rings. The van der Waals surface area contributed by atoms with Crippen molar-refractivity contribution in [2.24, 2.45) is 5.41 Å². The molecule has 2 N–H and O–H groups in total. The molecule has 6 heteroatoms. The van der Waals surface area contributed by atoms with E-state index < -0.39 is 0 Å². The Morgan fingerprint density at radius 3 is 2.39 bits per heavy atom. The van der Waals surface area contributed by atoms with Crippen LogP contribution in [0.1, 0.15) is 49.5 Å². The average Bonchev–Trinajstić information content (AvgIpc) is 2.72. The molecular formula is C25H28N2O3S. The van der Waals surface area contributed by atoms with Gasteiger partial charge in [-0.05, 0) is 48.6 Å². The molecule has 5 nitrogen and oxygen atoms in total. The van der Waals surface area contributed by atoms with Crippen molar-refractivity contribution < 1.29 is 14.3 Å². The number of thiocarbonyl (C=S) groups is 1. The van der Waals surface area contributed by atoms with Gasteiger partial charge < -0.3 is 15.4 Å². The molecule has 0 heterocycles. The van der Waals surface area contributed by atoms with Gasteiger partial charge in [0, 0.05) is 24.4 Å². The zero-order chi connectivity index (χ0) is 22.4. The quantitative estimate of drug-likeness (QED) is 0.468. The summed E-state index contributed by atoms with van der Waals surface area (Å²) in [6, 6.07) is 16.9. The van der Waals surface area contributed by atoms with Gasteiger partial charge in [0.1, 0.15) is 4.99 Å². The third-order valence-electron chi connectivity index (χ3n) is 5.10. The first kappa shape index (κ1) is 22.7. The maximum absolute atomic E-state index is 13.0. The van der Waals surface area contributed by atoms with E-state index in [1.54, 1.807) is 31.2 Å². The van der Waals surface area contributed by atoms with E-state index in [1.165, 1.54) is 0 Å². The third-order valence-corrected chi connectivity index (χ3v) is 5.41. The van der Waals surface area contributed by atoms with Crippen molar-refractivity contribution in [3.63, 3.8) is 0 Å². The smallest absolute Gasteiger partial charge is 0.338 e. The summed E-state index contributed by atoms with van der Waals surface area (Å²) >= 11 is 5.62. The molecule has 162 valence electrons. The number of ketones is 1. The van der Waals surface area contributed by atoms with Crippen molar-refractivity contribution in [3.05, 3.63) is 77.0 Å². The average molecular weight is 437 g/mol. The van der Waals surface area contributed by atoms with Crippen LogP contribution < -0.4 is 10.6 Å². The zero-order valence-corrected chi connectivity index (χ0v) is 19.0. The van der Waals surface area contributed by atoms with Crippen LogP contribution in [0.15, 0.2) is 65.9 Å². The van der Waals surface area contributed by atoms with Gasteiger partial charge in [0.05, 0.1) is 17.7 Å². The van der Waals surface area contributed by atoms with Gasteiger partial charge in [-0.1, -0.05) is 56.4 Å². The molecule has 1 aliphatic carbocycles. The van der Waals surface area contributed by atoms with E-state index in [0.717, 1.165) is 17.7 Å². The van der Waals surface area contributed by atoms with Crippen LogP contribution in [0, 0.1) is 5.41 Å². The summed E-state index contributed by atoms with van der Waals surface area (Å²) in [4.78, 5) is 25.2. The summed E-state index contributed by atoms with van der Waals surface area (Å²) < 4.78 is 5.01. The monoisotopic (exact) mass is 436 g/mol. The summed E-state index contributed by atoms with van der Waals surface area (Å²) in [5.41, 5.74) is 3.60. The van der Waals surface area contributed by atoms with Crippen LogP contribution in [0.5, 0.6) is 0 Å². The Kier molecular flexibility index (Phi) is 7.23. The fourth-order valence-electron chi connectivity index (χ4n) is 3.64. The van der Waals surface area contributed by atoms with Crippen LogP contribution in [0.4, 0.5) is 5.69 Å². The van der Waals surface area contributed by atoms with Crippen LogP contribution in [0.2, 0.25) is 0 Å². The maximum Gasteiger partial charge on any atom is 0.338 e. The molecule has 0 unspecified atom stereocenters. The number of rotatable bonds is 7. The number of benzene rings is 2. The van der Waals surface area contributed by atoms with Gasteiger partial charge in [0.25, 0.3) is 0 Å². The highest BCUT2D eigenvalue weighted by molar-refractivity contribution is 7.81. The Labute approximate surface area is 188 Å². The number of allylic oxidation sites excluding steroid dienone is 1. The minimum absolute atomic E-state index is 0.0347. The molecule has 0 aromatic heterocycles. The molecule has 0 bridgehead atoms. The second-order valence-electron chi connectivity index (χ2n) is 8.39. The molecule has 0 radical (unpaired) electrons. The summed E-state index contributed by atoms with van der Waals surface area (Å²) in [6.07, 6.45) is 1.19. The molecule has 1 aliphatic rings. The number of carbonyl (C=O) groups is 2.